The molecule has 1 heterocycles. The molecule has 0 saturated heterocycles. The van der Waals surface area contributed by atoms with Gasteiger partial charge in [0.1, 0.15) is 17.1 Å². The Labute approximate surface area is 104 Å². The molecule has 0 atom stereocenters. The Morgan fingerprint density at radius 1 is 1.35 bits per heavy atom. The van der Waals surface area contributed by atoms with Gasteiger partial charge < -0.3 is 10.5 Å². The molecule has 5 heteroatoms. The lowest BCUT2D eigenvalue weighted by molar-refractivity contribution is 0.341. The van der Waals surface area contributed by atoms with Crippen LogP contribution in [0.25, 0.3) is 0 Å². The highest BCUT2D eigenvalue weighted by molar-refractivity contribution is 7.99. The fourth-order valence-electron chi connectivity index (χ4n) is 1.32. The van der Waals surface area contributed by atoms with Crippen molar-refractivity contribution in [3.05, 3.63) is 36.8 Å². The molecule has 2 aromatic rings. The van der Waals surface area contributed by atoms with Crippen LogP contribution in [0, 0.1) is 0 Å². The van der Waals surface area contributed by atoms with Crippen molar-refractivity contribution in [2.75, 3.05) is 12.3 Å². The van der Waals surface area contributed by atoms with Crippen LogP contribution in [0.15, 0.2) is 46.7 Å². The van der Waals surface area contributed by atoms with Gasteiger partial charge in [0.15, 0.2) is 0 Å². The Hall–Kier alpha value is -1.75. The SMILES string of the molecule is CCOc1cc(Sc2ccncn2)ccc1N. The second kappa shape index (κ2) is 5.54. The Morgan fingerprint density at radius 2 is 2.24 bits per heavy atom. The number of nitrogen functional groups attached to an aromatic ring is 1. The third-order valence-corrected chi connectivity index (χ3v) is 3.00. The zero-order valence-corrected chi connectivity index (χ0v) is 10.3. The van der Waals surface area contributed by atoms with E-state index in [0.29, 0.717) is 18.0 Å². The zero-order chi connectivity index (χ0) is 12.1. The largest absolute Gasteiger partial charge is 0.492 e. The molecule has 1 aromatic heterocycles. The second-order valence-corrected chi connectivity index (χ2v) is 4.38. The van der Waals surface area contributed by atoms with E-state index in [1.165, 1.54) is 6.33 Å². The van der Waals surface area contributed by atoms with Gasteiger partial charge in [-0.25, -0.2) is 9.97 Å². The molecule has 0 amide bonds. The molecule has 88 valence electrons. The van der Waals surface area contributed by atoms with E-state index in [1.807, 2.05) is 31.2 Å². The number of hydrogen-bond acceptors (Lipinski definition) is 5. The summed E-state index contributed by atoms with van der Waals surface area (Å²) < 4.78 is 5.44. The summed E-state index contributed by atoms with van der Waals surface area (Å²) in [6.07, 6.45) is 3.25. The van der Waals surface area contributed by atoms with Crippen LogP contribution in [0.2, 0.25) is 0 Å². The third kappa shape index (κ3) is 3.10. The summed E-state index contributed by atoms with van der Waals surface area (Å²) in [5.41, 5.74) is 6.46. The molecule has 2 N–H and O–H groups in total. The van der Waals surface area contributed by atoms with E-state index in [2.05, 4.69) is 9.97 Å². The number of aromatic nitrogens is 2. The number of nitrogens with zero attached hydrogens (tertiary/aromatic N) is 2. The van der Waals surface area contributed by atoms with Gasteiger partial charge in [-0.2, -0.15) is 0 Å². The second-order valence-electron chi connectivity index (χ2n) is 3.28. The minimum atomic E-state index is 0.603. The monoisotopic (exact) mass is 247 g/mol. The fourth-order valence-corrected chi connectivity index (χ4v) is 2.09. The predicted octanol–water partition coefficient (Wildman–Crippen LogP) is 2.61. The molecule has 0 bridgehead atoms. The minimum absolute atomic E-state index is 0.603. The summed E-state index contributed by atoms with van der Waals surface area (Å²) in [6, 6.07) is 7.58. The van der Waals surface area contributed by atoms with E-state index in [4.69, 9.17) is 10.5 Å². The van der Waals surface area contributed by atoms with Crippen molar-refractivity contribution in [1.29, 1.82) is 0 Å². The van der Waals surface area contributed by atoms with Gasteiger partial charge >= 0.3 is 0 Å². The lowest BCUT2D eigenvalue weighted by Gasteiger charge is -2.08. The van der Waals surface area contributed by atoms with Crippen LogP contribution < -0.4 is 10.5 Å². The van der Waals surface area contributed by atoms with Crippen LogP contribution >= 0.6 is 11.8 Å². The first-order chi connectivity index (χ1) is 8.29. The Kier molecular flexibility index (Phi) is 3.82. The smallest absolute Gasteiger partial charge is 0.143 e. The Balaban J connectivity index is 2.19. The average molecular weight is 247 g/mol. The van der Waals surface area contributed by atoms with Gasteiger partial charge in [0.2, 0.25) is 0 Å². The number of benzene rings is 1. The van der Waals surface area contributed by atoms with Crippen molar-refractivity contribution < 1.29 is 4.74 Å². The normalized spacial score (nSPS) is 10.2. The molecule has 0 spiro atoms. The highest BCUT2D eigenvalue weighted by atomic mass is 32.2. The van der Waals surface area contributed by atoms with Crippen molar-refractivity contribution in [3.63, 3.8) is 0 Å². The quantitative estimate of drug-likeness (QED) is 0.664. The van der Waals surface area contributed by atoms with Crippen LogP contribution in [-0.2, 0) is 0 Å². The van der Waals surface area contributed by atoms with Crippen molar-refractivity contribution >= 4 is 17.4 Å². The van der Waals surface area contributed by atoms with Gasteiger partial charge in [-0.3, -0.25) is 0 Å². The van der Waals surface area contributed by atoms with Gasteiger partial charge in [0.25, 0.3) is 0 Å². The molecule has 0 saturated carbocycles. The van der Waals surface area contributed by atoms with E-state index in [-0.39, 0.29) is 0 Å². The van der Waals surface area contributed by atoms with Crippen molar-refractivity contribution in [1.82, 2.24) is 9.97 Å². The maximum Gasteiger partial charge on any atom is 0.143 e. The van der Waals surface area contributed by atoms with Crippen LogP contribution in [0.4, 0.5) is 5.69 Å². The van der Waals surface area contributed by atoms with Gasteiger partial charge in [-0.1, -0.05) is 11.8 Å². The zero-order valence-electron chi connectivity index (χ0n) is 9.46. The molecule has 0 aliphatic heterocycles. The van der Waals surface area contributed by atoms with Crippen LogP contribution in [0.5, 0.6) is 5.75 Å². The molecule has 2 rings (SSSR count). The van der Waals surface area contributed by atoms with E-state index in [9.17, 15) is 0 Å². The maximum atomic E-state index is 5.81. The van der Waals surface area contributed by atoms with E-state index >= 15 is 0 Å². The third-order valence-electron chi connectivity index (χ3n) is 2.06. The molecule has 0 aliphatic rings. The minimum Gasteiger partial charge on any atom is -0.492 e. The van der Waals surface area contributed by atoms with Crippen LogP contribution in [-0.4, -0.2) is 16.6 Å². The molecule has 17 heavy (non-hydrogen) atoms. The van der Waals surface area contributed by atoms with Gasteiger partial charge in [0, 0.05) is 11.1 Å². The summed E-state index contributed by atoms with van der Waals surface area (Å²) in [4.78, 5) is 9.07. The summed E-state index contributed by atoms with van der Waals surface area (Å²) in [5.74, 6) is 0.714. The van der Waals surface area contributed by atoms with Crippen molar-refractivity contribution in [2.45, 2.75) is 16.8 Å². The summed E-state index contributed by atoms with van der Waals surface area (Å²) in [7, 11) is 0. The molecule has 0 fully saturated rings. The van der Waals surface area contributed by atoms with Crippen molar-refractivity contribution in [3.8, 4) is 5.75 Å². The lowest BCUT2D eigenvalue weighted by atomic mass is 10.3. The highest BCUT2D eigenvalue weighted by Gasteiger charge is 2.04. The van der Waals surface area contributed by atoms with Crippen LogP contribution in [0.3, 0.4) is 0 Å². The lowest BCUT2D eigenvalue weighted by Crippen LogP contribution is -1.96. The number of hydrogen-bond donors (Lipinski definition) is 1. The van der Waals surface area contributed by atoms with E-state index in [0.717, 1.165) is 9.92 Å². The van der Waals surface area contributed by atoms with Gasteiger partial charge in [0.05, 0.1) is 12.3 Å². The standard InChI is InChI=1S/C12H13N3OS/c1-2-16-11-7-9(3-4-10(11)13)17-12-5-6-14-8-15-12/h3-8H,2,13H2,1H3. The van der Waals surface area contributed by atoms with Crippen molar-refractivity contribution in [2.24, 2.45) is 0 Å². The number of rotatable bonds is 4. The summed E-state index contributed by atoms with van der Waals surface area (Å²) >= 11 is 1.55. The first kappa shape index (κ1) is 11.7. The molecule has 0 unspecified atom stereocenters. The molecule has 0 radical (unpaired) electrons. The van der Waals surface area contributed by atoms with Gasteiger partial charge in [-0.05, 0) is 31.2 Å². The summed E-state index contributed by atoms with van der Waals surface area (Å²) in [5, 5.41) is 0.896. The first-order valence-electron chi connectivity index (χ1n) is 5.26. The molecular weight excluding hydrogens is 234 g/mol. The number of ether oxygens (including phenoxy) is 1. The average Bonchev–Trinajstić information content (AvgIpc) is 2.35. The highest BCUT2D eigenvalue weighted by Crippen LogP contribution is 2.31. The topological polar surface area (TPSA) is 61.0 Å². The number of anilines is 1. The summed E-state index contributed by atoms with van der Waals surface area (Å²) in [6.45, 7) is 2.54. The maximum absolute atomic E-state index is 5.81. The fraction of sp³-hybridized carbons (Fsp3) is 0.167. The number of nitrogens with two attached hydrogens (primary N) is 1. The molecule has 4 nitrogen and oxygen atoms in total. The molecule has 0 aliphatic carbocycles. The van der Waals surface area contributed by atoms with E-state index < -0.39 is 0 Å². The molecule has 1 aromatic carbocycles. The predicted molar refractivity (Wildman–Crippen MR) is 68.2 cm³/mol. The van der Waals surface area contributed by atoms with Gasteiger partial charge in [-0.15, -0.1) is 0 Å². The Bertz CT molecular complexity index is 490. The van der Waals surface area contributed by atoms with E-state index in [1.54, 1.807) is 18.0 Å². The van der Waals surface area contributed by atoms with Crippen LogP contribution in [0.1, 0.15) is 6.92 Å². The first-order valence-corrected chi connectivity index (χ1v) is 6.07. The Morgan fingerprint density at radius 3 is 2.94 bits per heavy atom. The molecular formula is C12H13N3OS.